The Kier molecular flexibility index (Phi) is 5.37. The standard InChI is InChI=1S/C16H19N5O2/c1-10-11(8-19-9-15(10)23-2)6-13-12(4-3-5-20-13)21-14(7-17)16(18)22/h3-6,8-9,14H,7,17H2,1-2H3,(H2,18,22)/b13-6-,21-12?. The Labute approximate surface area is 134 Å². The van der Waals surface area contributed by atoms with Gasteiger partial charge >= 0.3 is 0 Å². The first kappa shape index (κ1) is 16.6. The van der Waals surface area contributed by atoms with Gasteiger partial charge in [0.2, 0.25) is 5.91 Å². The first-order valence-corrected chi connectivity index (χ1v) is 7.05. The Hall–Kier alpha value is -2.80. The smallest absolute Gasteiger partial charge is 0.243 e. The molecule has 1 amide bonds. The number of aliphatic imine (C=N–C) groups is 2. The molecule has 2 heterocycles. The molecule has 0 saturated heterocycles. The van der Waals surface area contributed by atoms with Crippen molar-refractivity contribution >= 4 is 23.9 Å². The summed E-state index contributed by atoms with van der Waals surface area (Å²) in [6.07, 6.45) is 10.3. The van der Waals surface area contributed by atoms with Gasteiger partial charge in [-0.05, 0) is 25.2 Å². The zero-order valence-corrected chi connectivity index (χ0v) is 13.1. The number of pyridine rings is 1. The highest BCUT2D eigenvalue weighted by atomic mass is 16.5. The lowest BCUT2D eigenvalue weighted by Gasteiger charge is -2.12. The fourth-order valence-electron chi connectivity index (χ4n) is 2.05. The van der Waals surface area contributed by atoms with Crippen molar-refractivity contribution < 1.29 is 9.53 Å². The number of hydrogen-bond acceptors (Lipinski definition) is 6. The van der Waals surface area contributed by atoms with Crippen molar-refractivity contribution in [2.75, 3.05) is 13.7 Å². The Morgan fingerprint density at radius 1 is 1.48 bits per heavy atom. The summed E-state index contributed by atoms with van der Waals surface area (Å²) >= 11 is 0. The van der Waals surface area contributed by atoms with Crippen LogP contribution in [0.4, 0.5) is 0 Å². The van der Waals surface area contributed by atoms with Gasteiger partial charge in [-0.3, -0.25) is 19.8 Å². The van der Waals surface area contributed by atoms with Gasteiger partial charge in [-0.1, -0.05) is 0 Å². The van der Waals surface area contributed by atoms with E-state index in [1.807, 2.05) is 13.0 Å². The summed E-state index contributed by atoms with van der Waals surface area (Å²) < 4.78 is 5.26. The number of primary amides is 1. The predicted octanol–water partition coefficient (Wildman–Crippen LogP) is 0.634. The highest BCUT2D eigenvalue weighted by molar-refractivity contribution is 6.15. The number of hydrogen-bond donors (Lipinski definition) is 2. The van der Waals surface area contributed by atoms with Crippen molar-refractivity contribution in [3.63, 3.8) is 0 Å². The summed E-state index contributed by atoms with van der Waals surface area (Å²) in [5.41, 5.74) is 13.8. The minimum atomic E-state index is -0.782. The van der Waals surface area contributed by atoms with E-state index in [2.05, 4.69) is 15.0 Å². The molecule has 1 unspecified atom stereocenters. The maximum atomic E-state index is 11.3. The molecule has 0 aromatic carbocycles. The molecule has 0 saturated carbocycles. The van der Waals surface area contributed by atoms with E-state index in [-0.39, 0.29) is 6.54 Å². The van der Waals surface area contributed by atoms with Gasteiger partial charge in [-0.25, -0.2) is 0 Å². The van der Waals surface area contributed by atoms with E-state index in [0.717, 1.165) is 11.1 Å². The highest BCUT2D eigenvalue weighted by Crippen LogP contribution is 2.22. The van der Waals surface area contributed by atoms with Crippen LogP contribution < -0.4 is 16.2 Å². The van der Waals surface area contributed by atoms with Gasteiger partial charge in [0.25, 0.3) is 0 Å². The van der Waals surface area contributed by atoms with Crippen LogP contribution in [0.5, 0.6) is 5.75 Å². The zero-order valence-electron chi connectivity index (χ0n) is 13.1. The fraction of sp³-hybridized carbons (Fsp3) is 0.250. The molecule has 7 nitrogen and oxygen atoms in total. The molecular formula is C16H19N5O2. The third kappa shape index (κ3) is 3.89. The van der Waals surface area contributed by atoms with Crippen LogP contribution in [-0.2, 0) is 4.79 Å². The van der Waals surface area contributed by atoms with E-state index < -0.39 is 11.9 Å². The molecule has 1 aromatic heterocycles. The summed E-state index contributed by atoms with van der Waals surface area (Å²) in [4.78, 5) is 24.1. The van der Waals surface area contributed by atoms with Crippen molar-refractivity contribution in [1.29, 1.82) is 0 Å². The zero-order chi connectivity index (χ0) is 16.8. The van der Waals surface area contributed by atoms with Gasteiger partial charge in [0, 0.05) is 30.1 Å². The van der Waals surface area contributed by atoms with Crippen molar-refractivity contribution in [2.45, 2.75) is 13.0 Å². The molecule has 2 rings (SSSR count). The Balaban J connectivity index is 2.44. The average molecular weight is 313 g/mol. The SMILES string of the molecule is COc1cncc(/C=C2\N=CC=CC2=NC(CN)C(N)=O)c1C. The molecule has 1 aliphatic rings. The van der Waals surface area contributed by atoms with Crippen LogP contribution in [-0.4, -0.2) is 42.5 Å². The van der Waals surface area contributed by atoms with E-state index in [1.54, 1.807) is 37.9 Å². The maximum absolute atomic E-state index is 11.3. The molecule has 0 aliphatic carbocycles. The van der Waals surface area contributed by atoms with Gasteiger partial charge < -0.3 is 16.2 Å². The van der Waals surface area contributed by atoms with Crippen molar-refractivity contribution in [3.8, 4) is 5.75 Å². The molecule has 4 N–H and O–H groups in total. The number of aromatic nitrogens is 1. The van der Waals surface area contributed by atoms with E-state index in [0.29, 0.717) is 17.2 Å². The molecule has 0 spiro atoms. The Morgan fingerprint density at radius 2 is 2.26 bits per heavy atom. The lowest BCUT2D eigenvalue weighted by atomic mass is 10.1. The molecular weight excluding hydrogens is 294 g/mol. The van der Waals surface area contributed by atoms with Gasteiger partial charge in [0.15, 0.2) is 0 Å². The Morgan fingerprint density at radius 3 is 2.91 bits per heavy atom. The first-order valence-electron chi connectivity index (χ1n) is 7.05. The second-order valence-electron chi connectivity index (χ2n) is 4.89. The lowest BCUT2D eigenvalue weighted by Crippen LogP contribution is -2.34. The third-order valence-corrected chi connectivity index (χ3v) is 3.38. The van der Waals surface area contributed by atoms with Crippen LogP contribution in [0.2, 0.25) is 0 Å². The van der Waals surface area contributed by atoms with E-state index >= 15 is 0 Å². The normalized spacial score (nSPS) is 18.4. The van der Waals surface area contributed by atoms with Crippen molar-refractivity contribution in [1.82, 2.24) is 4.98 Å². The molecule has 1 aliphatic heterocycles. The van der Waals surface area contributed by atoms with Crippen LogP contribution in [0.25, 0.3) is 6.08 Å². The second kappa shape index (κ2) is 7.46. The van der Waals surface area contributed by atoms with Crippen LogP contribution in [0.3, 0.4) is 0 Å². The van der Waals surface area contributed by atoms with E-state index in [1.165, 1.54) is 0 Å². The largest absolute Gasteiger partial charge is 0.495 e. The molecule has 0 radical (unpaired) electrons. The van der Waals surface area contributed by atoms with Gasteiger partial charge in [0.05, 0.1) is 24.7 Å². The van der Waals surface area contributed by atoms with E-state index in [4.69, 9.17) is 16.2 Å². The lowest BCUT2D eigenvalue weighted by molar-refractivity contribution is -0.118. The first-order chi connectivity index (χ1) is 11.1. The molecule has 7 heteroatoms. The molecule has 23 heavy (non-hydrogen) atoms. The van der Waals surface area contributed by atoms with Crippen LogP contribution in [0.15, 0.2) is 40.2 Å². The molecule has 120 valence electrons. The summed E-state index contributed by atoms with van der Waals surface area (Å²) in [6, 6.07) is -0.782. The number of nitrogens with two attached hydrogens (primary N) is 2. The monoisotopic (exact) mass is 313 g/mol. The third-order valence-electron chi connectivity index (χ3n) is 3.38. The number of ether oxygens (including phenoxy) is 1. The van der Waals surface area contributed by atoms with Crippen LogP contribution in [0.1, 0.15) is 11.1 Å². The topological polar surface area (TPSA) is 116 Å². The molecule has 1 atom stereocenters. The average Bonchev–Trinajstić information content (AvgIpc) is 2.55. The fourth-order valence-corrected chi connectivity index (χ4v) is 2.05. The van der Waals surface area contributed by atoms with Gasteiger partial charge in [-0.2, -0.15) is 0 Å². The summed E-state index contributed by atoms with van der Waals surface area (Å²) in [5, 5.41) is 0. The van der Waals surface area contributed by atoms with Crippen molar-refractivity contribution in [3.05, 3.63) is 41.4 Å². The Bertz CT molecular complexity index is 719. The molecule has 0 fully saturated rings. The minimum absolute atomic E-state index is 0.0451. The molecule has 1 aromatic rings. The number of amides is 1. The predicted molar refractivity (Wildman–Crippen MR) is 90.6 cm³/mol. The number of dihydropyridines is 1. The summed E-state index contributed by atoms with van der Waals surface area (Å²) in [6.45, 7) is 1.97. The summed E-state index contributed by atoms with van der Waals surface area (Å²) in [7, 11) is 1.59. The minimum Gasteiger partial charge on any atom is -0.495 e. The van der Waals surface area contributed by atoms with E-state index in [9.17, 15) is 4.79 Å². The van der Waals surface area contributed by atoms with Gasteiger partial charge in [0.1, 0.15) is 11.8 Å². The highest BCUT2D eigenvalue weighted by Gasteiger charge is 2.15. The number of nitrogens with zero attached hydrogens (tertiary/aromatic N) is 3. The number of rotatable bonds is 5. The number of allylic oxidation sites excluding steroid dienone is 2. The number of methoxy groups -OCH3 is 1. The van der Waals surface area contributed by atoms with Crippen LogP contribution >= 0.6 is 0 Å². The maximum Gasteiger partial charge on any atom is 0.243 e. The van der Waals surface area contributed by atoms with Gasteiger partial charge in [-0.15, -0.1) is 0 Å². The van der Waals surface area contributed by atoms with Crippen LogP contribution in [0, 0.1) is 6.92 Å². The number of carbonyl (C=O) groups is 1. The molecule has 0 bridgehead atoms. The number of carbonyl (C=O) groups excluding carboxylic acids is 1. The van der Waals surface area contributed by atoms with Crippen molar-refractivity contribution in [2.24, 2.45) is 21.5 Å². The quantitative estimate of drug-likeness (QED) is 0.829. The summed E-state index contributed by atoms with van der Waals surface area (Å²) in [5.74, 6) is 0.117. The second-order valence-corrected chi connectivity index (χ2v) is 4.89.